The van der Waals surface area contributed by atoms with Crippen LogP contribution >= 0.6 is 11.6 Å². The molecule has 3 rings (SSSR count). The van der Waals surface area contributed by atoms with Crippen molar-refractivity contribution in [3.8, 4) is 6.07 Å². The van der Waals surface area contributed by atoms with E-state index < -0.39 is 17.6 Å². The van der Waals surface area contributed by atoms with Gasteiger partial charge < -0.3 is 10.6 Å². The van der Waals surface area contributed by atoms with Crippen molar-refractivity contribution >= 4 is 23.2 Å². The van der Waals surface area contributed by atoms with E-state index in [1.165, 1.54) is 12.1 Å². The quantitative estimate of drug-likeness (QED) is 0.639. The van der Waals surface area contributed by atoms with E-state index in [0.717, 1.165) is 50.0 Å². The molecule has 1 amide bonds. The highest BCUT2D eigenvalue weighted by atomic mass is 35.5. The minimum Gasteiger partial charge on any atom is -0.385 e. The number of carbonyl (C=O) groups is 1. The van der Waals surface area contributed by atoms with Gasteiger partial charge in [0.15, 0.2) is 0 Å². The molecule has 0 aromatic heterocycles. The van der Waals surface area contributed by atoms with Crippen molar-refractivity contribution in [2.24, 2.45) is 5.92 Å². The Morgan fingerprint density at radius 1 is 1.13 bits per heavy atom. The van der Waals surface area contributed by atoms with E-state index >= 15 is 0 Å². The summed E-state index contributed by atoms with van der Waals surface area (Å²) in [7, 11) is 0. The lowest BCUT2D eigenvalue weighted by Gasteiger charge is -2.29. The average molecular weight is 436 g/mol. The zero-order chi connectivity index (χ0) is 21.7. The van der Waals surface area contributed by atoms with E-state index in [4.69, 9.17) is 16.9 Å². The third-order valence-electron chi connectivity index (χ3n) is 5.32. The molecule has 1 saturated carbocycles. The second-order valence-electron chi connectivity index (χ2n) is 7.46. The molecule has 0 spiro atoms. The van der Waals surface area contributed by atoms with E-state index in [2.05, 4.69) is 10.6 Å². The van der Waals surface area contributed by atoms with Crippen LogP contribution in [-0.4, -0.2) is 18.5 Å². The molecule has 158 valence electrons. The lowest BCUT2D eigenvalue weighted by atomic mass is 9.86. The predicted octanol–water partition coefficient (Wildman–Crippen LogP) is 5.63. The summed E-state index contributed by atoms with van der Waals surface area (Å²) in [6.45, 7) is 0.747. The summed E-state index contributed by atoms with van der Waals surface area (Å²) in [4.78, 5) is 12.3. The summed E-state index contributed by atoms with van der Waals surface area (Å²) < 4.78 is 38.5. The molecule has 4 nitrogen and oxygen atoms in total. The molecular formula is C22H21ClF3N3O. The van der Waals surface area contributed by atoms with Crippen LogP contribution in [0.5, 0.6) is 0 Å². The Balaban J connectivity index is 1.47. The molecule has 2 aromatic carbocycles. The first-order valence-corrected chi connectivity index (χ1v) is 10.1. The van der Waals surface area contributed by atoms with E-state index in [1.807, 2.05) is 12.1 Å². The van der Waals surface area contributed by atoms with Gasteiger partial charge in [-0.05, 0) is 68.0 Å². The number of rotatable bonds is 5. The van der Waals surface area contributed by atoms with Gasteiger partial charge in [0.05, 0.1) is 16.1 Å². The van der Waals surface area contributed by atoms with Gasteiger partial charge in [-0.15, -0.1) is 0 Å². The number of alkyl halides is 3. The van der Waals surface area contributed by atoms with E-state index in [0.29, 0.717) is 16.5 Å². The maximum atomic E-state index is 12.8. The lowest BCUT2D eigenvalue weighted by Crippen LogP contribution is -2.38. The first-order valence-electron chi connectivity index (χ1n) is 9.68. The monoisotopic (exact) mass is 435 g/mol. The number of nitrogens with one attached hydrogen (secondary N) is 2. The first kappa shape index (κ1) is 22.0. The molecule has 8 heteroatoms. The van der Waals surface area contributed by atoms with Crippen LogP contribution in [0.25, 0.3) is 0 Å². The summed E-state index contributed by atoms with van der Waals surface area (Å²) in [5.41, 5.74) is 0.470. The zero-order valence-corrected chi connectivity index (χ0v) is 16.9. The standard InChI is InChI=1S/C22H21ClF3N3O/c23-20-11-19(9-6-16(20)12-27)28-13-14-4-7-18(8-5-14)29-21(30)15-2-1-3-17(10-15)22(24,25)26/h1-3,6,9-11,14,18,28H,4-5,7-8,13H2,(H,29,30). The molecular weight excluding hydrogens is 415 g/mol. The van der Waals surface area contributed by atoms with Crippen LogP contribution in [0.1, 0.15) is 47.2 Å². The van der Waals surface area contributed by atoms with Crippen LogP contribution in [0.3, 0.4) is 0 Å². The van der Waals surface area contributed by atoms with Crippen molar-refractivity contribution in [1.82, 2.24) is 5.32 Å². The highest BCUT2D eigenvalue weighted by molar-refractivity contribution is 6.32. The molecule has 0 radical (unpaired) electrons. The molecule has 0 bridgehead atoms. The fourth-order valence-corrected chi connectivity index (χ4v) is 3.82. The van der Waals surface area contributed by atoms with Gasteiger partial charge in [0.2, 0.25) is 0 Å². The molecule has 1 aliphatic carbocycles. The van der Waals surface area contributed by atoms with Crippen LogP contribution in [0.15, 0.2) is 42.5 Å². The molecule has 0 aliphatic heterocycles. The van der Waals surface area contributed by atoms with Crippen LogP contribution in [0.4, 0.5) is 18.9 Å². The SMILES string of the molecule is N#Cc1ccc(NCC2CCC(NC(=O)c3cccc(C(F)(F)F)c3)CC2)cc1Cl. The average Bonchev–Trinajstić information content (AvgIpc) is 2.73. The number of hydrogen-bond donors (Lipinski definition) is 2. The normalized spacial score (nSPS) is 19.0. The van der Waals surface area contributed by atoms with Crippen molar-refractivity contribution in [2.75, 3.05) is 11.9 Å². The fraction of sp³-hybridized carbons (Fsp3) is 0.364. The molecule has 1 aliphatic rings. The second kappa shape index (κ2) is 9.40. The van der Waals surface area contributed by atoms with Crippen LogP contribution in [0.2, 0.25) is 5.02 Å². The van der Waals surface area contributed by atoms with E-state index in [9.17, 15) is 18.0 Å². The summed E-state index contributed by atoms with van der Waals surface area (Å²) in [5, 5.41) is 15.5. The van der Waals surface area contributed by atoms with Gasteiger partial charge in [0, 0.05) is 23.8 Å². The number of nitriles is 1. The lowest BCUT2D eigenvalue weighted by molar-refractivity contribution is -0.137. The number of amides is 1. The Labute approximate surface area is 178 Å². The van der Waals surface area contributed by atoms with Crippen molar-refractivity contribution < 1.29 is 18.0 Å². The number of benzene rings is 2. The van der Waals surface area contributed by atoms with Gasteiger partial charge in [0.25, 0.3) is 5.91 Å². The van der Waals surface area contributed by atoms with Crippen molar-refractivity contribution in [3.63, 3.8) is 0 Å². The Kier molecular flexibility index (Phi) is 6.88. The predicted molar refractivity (Wildman–Crippen MR) is 109 cm³/mol. The Morgan fingerprint density at radius 3 is 2.50 bits per heavy atom. The number of nitrogens with zero attached hydrogens (tertiary/aromatic N) is 1. The summed E-state index contributed by atoms with van der Waals surface area (Å²) in [6, 6.07) is 11.7. The van der Waals surface area contributed by atoms with Gasteiger partial charge in [-0.3, -0.25) is 4.79 Å². The van der Waals surface area contributed by atoms with Gasteiger partial charge in [0.1, 0.15) is 6.07 Å². The second-order valence-corrected chi connectivity index (χ2v) is 7.86. The molecule has 0 atom stereocenters. The molecule has 0 saturated heterocycles. The van der Waals surface area contributed by atoms with Crippen LogP contribution in [0, 0.1) is 17.2 Å². The van der Waals surface area contributed by atoms with Crippen molar-refractivity contribution in [2.45, 2.75) is 37.9 Å². The van der Waals surface area contributed by atoms with Gasteiger partial charge >= 0.3 is 6.18 Å². The molecule has 2 N–H and O–H groups in total. The smallest absolute Gasteiger partial charge is 0.385 e. The summed E-state index contributed by atoms with van der Waals surface area (Å²) in [5.74, 6) is -0.0592. The Hall–Kier alpha value is -2.72. The Morgan fingerprint density at radius 2 is 1.87 bits per heavy atom. The molecule has 30 heavy (non-hydrogen) atoms. The zero-order valence-electron chi connectivity index (χ0n) is 16.1. The molecule has 1 fully saturated rings. The molecule has 0 unspecified atom stereocenters. The third-order valence-corrected chi connectivity index (χ3v) is 5.63. The van der Waals surface area contributed by atoms with Crippen LogP contribution < -0.4 is 10.6 Å². The minimum atomic E-state index is -4.47. The largest absolute Gasteiger partial charge is 0.416 e. The van der Waals surface area contributed by atoms with Gasteiger partial charge in [-0.1, -0.05) is 17.7 Å². The highest BCUT2D eigenvalue weighted by Crippen LogP contribution is 2.30. The maximum absolute atomic E-state index is 12.8. The maximum Gasteiger partial charge on any atom is 0.416 e. The summed E-state index contributed by atoms with van der Waals surface area (Å²) in [6.07, 6.45) is -1.15. The third kappa shape index (κ3) is 5.67. The van der Waals surface area contributed by atoms with E-state index in [1.54, 1.807) is 12.1 Å². The highest BCUT2D eigenvalue weighted by Gasteiger charge is 2.31. The van der Waals surface area contributed by atoms with Crippen molar-refractivity contribution in [3.05, 3.63) is 64.2 Å². The Bertz CT molecular complexity index is 947. The van der Waals surface area contributed by atoms with Gasteiger partial charge in [-0.2, -0.15) is 18.4 Å². The molecule has 0 heterocycles. The van der Waals surface area contributed by atoms with Gasteiger partial charge in [-0.25, -0.2) is 0 Å². The number of hydrogen-bond acceptors (Lipinski definition) is 3. The first-order chi connectivity index (χ1) is 14.3. The summed E-state index contributed by atoms with van der Waals surface area (Å²) >= 11 is 6.04. The topological polar surface area (TPSA) is 64.9 Å². The fourth-order valence-electron chi connectivity index (χ4n) is 3.59. The number of halogens is 4. The number of anilines is 1. The number of carbonyl (C=O) groups excluding carboxylic acids is 1. The molecule has 2 aromatic rings. The van der Waals surface area contributed by atoms with Crippen LogP contribution in [-0.2, 0) is 6.18 Å². The van der Waals surface area contributed by atoms with E-state index in [-0.39, 0.29) is 11.6 Å². The minimum absolute atomic E-state index is 0.0197. The van der Waals surface area contributed by atoms with Crippen molar-refractivity contribution in [1.29, 1.82) is 5.26 Å².